The highest BCUT2D eigenvalue weighted by Crippen LogP contribution is 2.17. The van der Waals surface area contributed by atoms with Crippen LogP contribution in [0.2, 0.25) is 0 Å². The van der Waals surface area contributed by atoms with Crippen LogP contribution in [-0.4, -0.2) is 22.8 Å². The average molecular weight is 356 g/mol. The number of para-hydroxylation sites is 2. The summed E-state index contributed by atoms with van der Waals surface area (Å²) in [5.74, 6) is 0.314. The van der Waals surface area contributed by atoms with Gasteiger partial charge in [-0.2, -0.15) is 0 Å². The maximum atomic E-state index is 12.0. The Labute approximate surface area is 150 Å². The number of nitrogens with one attached hydrogen (secondary N) is 1. The number of thioether (sulfide) groups is 1. The minimum atomic E-state index is -0.427. The predicted molar refractivity (Wildman–Crippen MR) is 100 cm³/mol. The Hall–Kier alpha value is -2.47. The fraction of sp³-hybridized carbons (Fsp3) is 0.263. The number of amides is 1. The van der Waals surface area contributed by atoms with Crippen LogP contribution >= 0.6 is 11.8 Å². The maximum Gasteiger partial charge on any atom is 0.419 e. The number of carbonyl (C=O) groups excluding carboxylic acids is 1. The van der Waals surface area contributed by atoms with E-state index >= 15 is 0 Å². The van der Waals surface area contributed by atoms with E-state index in [0.717, 1.165) is 11.3 Å². The van der Waals surface area contributed by atoms with Gasteiger partial charge in [-0.25, -0.2) is 4.79 Å². The molecule has 3 aromatic rings. The van der Waals surface area contributed by atoms with E-state index in [4.69, 9.17) is 4.42 Å². The first kappa shape index (κ1) is 17.4. The molecule has 0 spiro atoms. The van der Waals surface area contributed by atoms with Crippen molar-refractivity contribution in [1.82, 2.24) is 9.88 Å². The van der Waals surface area contributed by atoms with Crippen LogP contribution in [0.25, 0.3) is 11.1 Å². The molecule has 0 saturated heterocycles. The molecule has 0 fully saturated rings. The molecule has 130 valence electrons. The maximum absolute atomic E-state index is 12.0. The Kier molecular flexibility index (Phi) is 5.60. The van der Waals surface area contributed by atoms with Crippen LogP contribution in [0.1, 0.15) is 12.0 Å². The first-order chi connectivity index (χ1) is 12.1. The highest BCUT2D eigenvalue weighted by Gasteiger charge is 2.10. The van der Waals surface area contributed by atoms with Crippen molar-refractivity contribution >= 4 is 28.8 Å². The summed E-state index contributed by atoms with van der Waals surface area (Å²) in [6, 6.07) is 15.5. The second-order valence-corrected chi connectivity index (χ2v) is 6.92. The van der Waals surface area contributed by atoms with Crippen LogP contribution in [0.4, 0.5) is 0 Å². The molecule has 1 heterocycles. The summed E-state index contributed by atoms with van der Waals surface area (Å²) in [6.45, 7) is 2.97. The molecular formula is C19H20N2O3S. The zero-order valence-electron chi connectivity index (χ0n) is 14.0. The molecule has 1 aromatic heterocycles. The van der Waals surface area contributed by atoms with Crippen LogP contribution in [-0.2, 0) is 11.3 Å². The van der Waals surface area contributed by atoms with Crippen LogP contribution in [0.5, 0.6) is 0 Å². The fourth-order valence-electron chi connectivity index (χ4n) is 2.52. The number of rotatable bonds is 7. The number of oxazole rings is 1. The van der Waals surface area contributed by atoms with Gasteiger partial charge in [0.25, 0.3) is 0 Å². The standard InChI is InChI=1S/C19H20N2O3S/c1-14-6-8-15(9-7-14)25-13-11-20-18(22)10-12-21-16-4-2-3-5-17(16)24-19(21)23/h2-9H,10-13H2,1H3,(H,20,22). The third kappa shape index (κ3) is 4.54. The third-order valence-electron chi connectivity index (χ3n) is 3.85. The first-order valence-corrected chi connectivity index (χ1v) is 9.16. The Balaban J connectivity index is 1.44. The van der Waals surface area contributed by atoms with E-state index in [1.807, 2.05) is 18.2 Å². The van der Waals surface area contributed by atoms with Gasteiger partial charge in [0.2, 0.25) is 5.91 Å². The topological polar surface area (TPSA) is 64.2 Å². The van der Waals surface area contributed by atoms with Gasteiger partial charge >= 0.3 is 5.76 Å². The molecule has 2 aromatic carbocycles. The van der Waals surface area contributed by atoms with Gasteiger partial charge in [0.1, 0.15) is 0 Å². The summed E-state index contributed by atoms with van der Waals surface area (Å²) in [6.07, 6.45) is 0.249. The molecule has 5 nitrogen and oxygen atoms in total. The van der Waals surface area contributed by atoms with Gasteiger partial charge in [-0.3, -0.25) is 9.36 Å². The summed E-state index contributed by atoms with van der Waals surface area (Å²) >= 11 is 1.71. The van der Waals surface area contributed by atoms with Gasteiger partial charge < -0.3 is 9.73 Å². The van der Waals surface area contributed by atoms with Crippen molar-refractivity contribution in [2.45, 2.75) is 24.8 Å². The van der Waals surface area contributed by atoms with Crippen molar-refractivity contribution < 1.29 is 9.21 Å². The lowest BCUT2D eigenvalue weighted by Crippen LogP contribution is -2.27. The molecular weight excluding hydrogens is 336 g/mol. The van der Waals surface area contributed by atoms with Gasteiger partial charge in [-0.1, -0.05) is 29.8 Å². The highest BCUT2D eigenvalue weighted by molar-refractivity contribution is 7.99. The number of hydrogen-bond donors (Lipinski definition) is 1. The number of nitrogens with zero attached hydrogens (tertiary/aromatic N) is 1. The van der Waals surface area contributed by atoms with Crippen LogP contribution in [0.3, 0.4) is 0 Å². The second-order valence-electron chi connectivity index (χ2n) is 5.75. The zero-order chi connectivity index (χ0) is 17.6. The Morgan fingerprint density at radius 2 is 1.92 bits per heavy atom. The lowest BCUT2D eigenvalue weighted by atomic mass is 10.2. The SMILES string of the molecule is Cc1ccc(SCCNC(=O)CCn2c(=O)oc3ccccc32)cc1. The van der Waals surface area contributed by atoms with Gasteiger partial charge in [0.15, 0.2) is 5.58 Å². The molecule has 0 bridgehead atoms. The molecule has 0 aliphatic heterocycles. The summed E-state index contributed by atoms with van der Waals surface area (Å²) in [5.41, 5.74) is 2.50. The van der Waals surface area contributed by atoms with Crippen molar-refractivity contribution in [3.05, 3.63) is 64.6 Å². The van der Waals surface area contributed by atoms with Gasteiger partial charge in [-0.05, 0) is 31.2 Å². The molecule has 0 radical (unpaired) electrons. The van der Waals surface area contributed by atoms with E-state index in [2.05, 4.69) is 36.5 Å². The lowest BCUT2D eigenvalue weighted by molar-refractivity contribution is -0.121. The van der Waals surface area contributed by atoms with Crippen molar-refractivity contribution in [1.29, 1.82) is 0 Å². The van der Waals surface area contributed by atoms with E-state index in [1.54, 1.807) is 17.8 Å². The van der Waals surface area contributed by atoms with Crippen LogP contribution < -0.4 is 11.1 Å². The Bertz CT molecular complexity index is 912. The second kappa shape index (κ2) is 8.07. The first-order valence-electron chi connectivity index (χ1n) is 8.18. The fourth-order valence-corrected chi connectivity index (χ4v) is 3.29. The summed E-state index contributed by atoms with van der Waals surface area (Å²) in [5, 5.41) is 2.89. The summed E-state index contributed by atoms with van der Waals surface area (Å²) < 4.78 is 6.66. The molecule has 1 N–H and O–H groups in total. The molecule has 0 atom stereocenters. The molecule has 0 saturated carbocycles. The molecule has 1 amide bonds. The molecule has 3 rings (SSSR count). The van der Waals surface area contributed by atoms with E-state index in [1.165, 1.54) is 15.0 Å². The summed E-state index contributed by atoms with van der Waals surface area (Å²) in [4.78, 5) is 25.0. The number of benzene rings is 2. The smallest absolute Gasteiger partial charge is 0.408 e. The lowest BCUT2D eigenvalue weighted by Gasteiger charge is -2.06. The van der Waals surface area contributed by atoms with Crippen molar-refractivity contribution in [2.75, 3.05) is 12.3 Å². The van der Waals surface area contributed by atoms with Crippen LogP contribution in [0, 0.1) is 6.92 Å². The van der Waals surface area contributed by atoms with Crippen molar-refractivity contribution in [3.8, 4) is 0 Å². The minimum Gasteiger partial charge on any atom is -0.408 e. The zero-order valence-corrected chi connectivity index (χ0v) is 14.8. The Morgan fingerprint density at radius 3 is 2.72 bits per heavy atom. The normalized spacial score (nSPS) is 10.9. The highest BCUT2D eigenvalue weighted by atomic mass is 32.2. The predicted octanol–water partition coefficient (Wildman–Crippen LogP) is 3.20. The quantitative estimate of drug-likeness (QED) is 0.522. The molecule has 25 heavy (non-hydrogen) atoms. The van der Waals surface area contributed by atoms with Crippen molar-refractivity contribution in [3.63, 3.8) is 0 Å². The minimum absolute atomic E-state index is 0.0679. The van der Waals surface area contributed by atoms with Crippen molar-refractivity contribution in [2.24, 2.45) is 0 Å². The number of hydrogen-bond acceptors (Lipinski definition) is 4. The van der Waals surface area contributed by atoms with E-state index in [-0.39, 0.29) is 12.3 Å². The third-order valence-corrected chi connectivity index (χ3v) is 4.86. The number of aromatic nitrogens is 1. The molecule has 6 heteroatoms. The number of fused-ring (bicyclic) bond motifs is 1. The Morgan fingerprint density at radius 1 is 1.16 bits per heavy atom. The number of aryl methyl sites for hydroxylation is 2. The molecule has 0 aliphatic carbocycles. The van der Waals surface area contributed by atoms with E-state index < -0.39 is 5.76 Å². The van der Waals surface area contributed by atoms with Gasteiger partial charge in [-0.15, -0.1) is 11.8 Å². The molecule has 0 unspecified atom stereocenters. The monoisotopic (exact) mass is 356 g/mol. The van der Waals surface area contributed by atoms with E-state index in [0.29, 0.717) is 18.7 Å². The average Bonchev–Trinajstić information content (AvgIpc) is 2.93. The molecule has 0 aliphatic rings. The number of carbonyl (C=O) groups is 1. The summed E-state index contributed by atoms with van der Waals surface area (Å²) in [7, 11) is 0. The largest absolute Gasteiger partial charge is 0.419 e. The van der Waals surface area contributed by atoms with E-state index in [9.17, 15) is 9.59 Å². The van der Waals surface area contributed by atoms with Gasteiger partial charge in [0.05, 0.1) is 5.52 Å². The van der Waals surface area contributed by atoms with Gasteiger partial charge in [0, 0.05) is 30.2 Å². The van der Waals surface area contributed by atoms with Crippen LogP contribution in [0.15, 0.2) is 62.6 Å².